The molecule has 0 saturated heterocycles. The lowest BCUT2D eigenvalue weighted by Crippen LogP contribution is -2.41. The fourth-order valence-electron chi connectivity index (χ4n) is 3.02. The number of ether oxygens (including phenoxy) is 2. The van der Waals surface area contributed by atoms with Gasteiger partial charge in [0.1, 0.15) is 12.7 Å². The second-order valence-corrected chi connectivity index (χ2v) is 6.17. The first-order valence-corrected chi connectivity index (χ1v) is 8.77. The van der Waals surface area contributed by atoms with Gasteiger partial charge in [-0.2, -0.15) is 4.68 Å². The number of para-hydroxylation sites is 3. The minimum atomic E-state index is -0.0223. The summed E-state index contributed by atoms with van der Waals surface area (Å²) in [6, 6.07) is 17.7. The largest absolute Gasteiger partial charge is 0.486 e. The Morgan fingerprint density at radius 3 is 2.65 bits per heavy atom. The summed E-state index contributed by atoms with van der Waals surface area (Å²) >= 11 is 0. The van der Waals surface area contributed by atoms with Crippen molar-refractivity contribution in [1.82, 2.24) is 25.1 Å². The van der Waals surface area contributed by atoms with Crippen molar-refractivity contribution >= 4 is 0 Å². The molecule has 7 heteroatoms. The third kappa shape index (κ3) is 3.52. The molecule has 1 aliphatic rings. The van der Waals surface area contributed by atoms with Crippen molar-refractivity contribution in [3.63, 3.8) is 0 Å². The molecule has 2 heterocycles. The van der Waals surface area contributed by atoms with Crippen LogP contribution < -0.4 is 9.47 Å². The van der Waals surface area contributed by atoms with Gasteiger partial charge in [0.05, 0.1) is 12.2 Å². The van der Waals surface area contributed by atoms with E-state index in [4.69, 9.17) is 9.47 Å². The molecule has 134 valence electrons. The average molecular weight is 351 g/mol. The molecule has 0 fully saturated rings. The molecule has 1 aromatic heterocycles. The summed E-state index contributed by atoms with van der Waals surface area (Å²) in [5, 5.41) is 12.2. The SMILES string of the molecule is CCN(Cc1nnnn1-c1ccccc1)CC1COc2ccccc2O1. The van der Waals surface area contributed by atoms with Crippen molar-refractivity contribution < 1.29 is 9.47 Å². The number of likely N-dealkylation sites (N-methyl/N-ethyl adjacent to an activating group) is 1. The Bertz CT molecular complexity index is 852. The van der Waals surface area contributed by atoms with Crippen molar-refractivity contribution in [2.24, 2.45) is 0 Å². The van der Waals surface area contributed by atoms with Crippen molar-refractivity contribution in [2.75, 3.05) is 19.7 Å². The van der Waals surface area contributed by atoms with Gasteiger partial charge < -0.3 is 9.47 Å². The lowest BCUT2D eigenvalue weighted by Gasteiger charge is -2.30. The number of fused-ring (bicyclic) bond motifs is 1. The van der Waals surface area contributed by atoms with Crippen LogP contribution >= 0.6 is 0 Å². The van der Waals surface area contributed by atoms with E-state index in [2.05, 4.69) is 27.3 Å². The Hall–Kier alpha value is -2.93. The van der Waals surface area contributed by atoms with Crippen LogP contribution in [0, 0.1) is 0 Å². The van der Waals surface area contributed by atoms with Crippen LogP contribution in [0.5, 0.6) is 11.5 Å². The molecule has 2 aromatic carbocycles. The highest BCUT2D eigenvalue weighted by atomic mass is 16.6. The minimum absolute atomic E-state index is 0.0223. The van der Waals surface area contributed by atoms with E-state index in [-0.39, 0.29) is 6.10 Å². The highest BCUT2D eigenvalue weighted by molar-refractivity contribution is 5.40. The van der Waals surface area contributed by atoms with Gasteiger partial charge in [-0.1, -0.05) is 37.3 Å². The Kier molecular flexibility index (Phi) is 4.79. The first-order valence-electron chi connectivity index (χ1n) is 8.77. The standard InChI is InChI=1S/C19H21N5O2/c1-2-23(12-16-14-25-17-10-6-7-11-18(17)26-16)13-19-20-21-22-24(19)15-8-4-3-5-9-15/h3-11,16H,2,12-14H2,1H3. The Morgan fingerprint density at radius 2 is 1.85 bits per heavy atom. The van der Waals surface area contributed by atoms with Gasteiger partial charge in [-0.15, -0.1) is 5.10 Å². The van der Waals surface area contributed by atoms with E-state index in [1.165, 1.54) is 0 Å². The summed E-state index contributed by atoms with van der Waals surface area (Å²) in [5.74, 6) is 2.41. The van der Waals surface area contributed by atoms with Gasteiger partial charge in [-0.05, 0) is 41.2 Å². The van der Waals surface area contributed by atoms with Crippen LogP contribution in [0.3, 0.4) is 0 Å². The van der Waals surface area contributed by atoms with Crippen molar-refractivity contribution in [1.29, 1.82) is 0 Å². The first-order chi connectivity index (χ1) is 12.8. The summed E-state index contributed by atoms with van der Waals surface area (Å²) in [5.41, 5.74) is 0.953. The molecule has 1 atom stereocenters. The Morgan fingerprint density at radius 1 is 1.08 bits per heavy atom. The van der Waals surface area contributed by atoms with E-state index >= 15 is 0 Å². The van der Waals surface area contributed by atoms with E-state index in [0.717, 1.165) is 36.1 Å². The molecule has 0 spiro atoms. The van der Waals surface area contributed by atoms with Crippen LogP contribution in [0.25, 0.3) is 5.69 Å². The van der Waals surface area contributed by atoms with Crippen molar-refractivity contribution in [3.8, 4) is 17.2 Å². The smallest absolute Gasteiger partial charge is 0.170 e. The van der Waals surface area contributed by atoms with Gasteiger partial charge in [0.15, 0.2) is 17.3 Å². The van der Waals surface area contributed by atoms with Gasteiger partial charge in [-0.3, -0.25) is 4.90 Å². The maximum atomic E-state index is 6.07. The van der Waals surface area contributed by atoms with Crippen LogP contribution in [0.4, 0.5) is 0 Å². The highest BCUT2D eigenvalue weighted by Gasteiger charge is 2.23. The maximum Gasteiger partial charge on any atom is 0.170 e. The number of benzene rings is 2. The zero-order chi connectivity index (χ0) is 17.8. The summed E-state index contributed by atoms with van der Waals surface area (Å²) in [7, 11) is 0. The predicted octanol–water partition coefficient (Wildman–Crippen LogP) is 2.32. The number of nitrogens with zero attached hydrogens (tertiary/aromatic N) is 5. The molecule has 0 radical (unpaired) electrons. The predicted molar refractivity (Wildman–Crippen MR) is 96.5 cm³/mol. The molecule has 1 unspecified atom stereocenters. The molecule has 1 aliphatic heterocycles. The van der Waals surface area contributed by atoms with Gasteiger partial charge >= 0.3 is 0 Å². The Labute approximate surface area is 152 Å². The number of hydrogen-bond donors (Lipinski definition) is 0. The van der Waals surface area contributed by atoms with E-state index in [9.17, 15) is 0 Å². The monoisotopic (exact) mass is 351 g/mol. The number of hydrogen-bond acceptors (Lipinski definition) is 6. The van der Waals surface area contributed by atoms with Crippen LogP contribution in [0.15, 0.2) is 54.6 Å². The molecule has 0 amide bonds. The number of rotatable bonds is 6. The third-order valence-electron chi connectivity index (χ3n) is 4.38. The fourth-order valence-corrected chi connectivity index (χ4v) is 3.02. The summed E-state index contributed by atoms with van der Waals surface area (Å²) < 4.78 is 13.7. The lowest BCUT2D eigenvalue weighted by atomic mass is 10.2. The topological polar surface area (TPSA) is 65.3 Å². The van der Waals surface area contributed by atoms with Gasteiger partial charge in [-0.25, -0.2) is 0 Å². The molecule has 7 nitrogen and oxygen atoms in total. The third-order valence-corrected chi connectivity index (χ3v) is 4.38. The number of tetrazole rings is 1. The molecule has 26 heavy (non-hydrogen) atoms. The first kappa shape index (κ1) is 16.5. The highest BCUT2D eigenvalue weighted by Crippen LogP contribution is 2.31. The zero-order valence-corrected chi connectivity index (χ0v) is 14.7. The molecule has 4 rings (SSSR count). The number of aromatic nitrogens is 4. The molecule has 0 N–H and O–H groups in total. The second kappa shape index (κ2) is 7.53. The molecular weight excluding hydrogens is 330 g/mol. The molecular formula is C19H21N5O2. The van der Waals surface area contributed by atoms with E-state index in [1.807, 2.05) is 54.6 Å². The van der Waals surface area contributed by atoms with Crippen LogP contribution in [-0.4, -0.2) is 50.9 Å². The van der Waals surface area contributed by atoms with Crippen LogP contribution in [-0.2, 0) is 6.54 Å². The molecule has 0 aliphatic carbocycles. The van der Waals surface area contributed by atoms with E-state index in [1.54, 1.807) is 4.68 Å². The second-order valence-electron chi connectivity index (χ2n) is 6.17. The van der Waals surface area contributed by atoms with Crippen LogP contribution in [0.1, 0.15) is 12.7 Å². The maximum absolute atomic E-state index is 6.07. The summed E-state index contributed by atoms with van der Waals surface area (Å²) in [4.78, 5) is 2.26. The van der Waals surface area contributed by atoms with Gasteiger partial charge in [0.2, 0.25) is 0 Å². The quantitative estimate of drug-likeness (QED) is 0.679. The minimum Gasteiger partial charge on any atom is -0.486 e. The lowest BCUT2D eigenvalue weighted by molar-refractivity contribution is 0.0571. The molecule has 0 saturated carbocycles. The van der Waals surface area contributed by atoms with Crippen molar-refractivity contribution in [2.45, 2.75) is 19.6 Å². The van der Waals surface area contributed by atoms with E-state index in [0.29, 0.717) is 13.2 Å². The average Bonchev–Trinajstić information content (AvgIpc) is 3.16. The normalized spacial score (nSPS) is 16.0. The van der Waals surface area contributed by atoms with Crippen LogP contribution in [0.2, 0.25) is 0 Å². The van der Waals surface area contributed by atoms with Gasteiger partial charge in [0, 0.05) is 6.54 Å². The van der Waals surface area contributed by atoms with E-state index < -0.39 is 0 Å². The Balaban J connectivity index is 1.44. The molecule has 3 aromatic rings. The molecule has 0 bridgehead atoms. The summed E-state index contributed by atoms with van der Waals surface area (Å²) in [6.07, 6.45) is -0.0223. The van der Waals surface area contributed by atoms with Gasteiger partial charge in [0.25, 0.3) is 0 Å². The zero-order valence-electron chi connectivity index (χ0n) is 14.7. The van der Waals surface area contributed by atoms with Crippen molar-refractivity contribution in [3.05, 3.63) is 60.4 Å². The summed E-state index contributed by atoms with van der Waals surface area (Å²) in [6.45, 7) is 4.90. The fraction of sp³-hybridized carbons (Fsp3) is 0.316.